The van der Waals surface area contributed by atoms with Crippen LogP contribution in [-0.4, -0.2) is 27.5 Å². The maximum absolute atomic E-state index is 5.25. The zero-order valence-corrected chi connectivity index (χ0v) is 9.26. The molecule has 82 valence electrons. The second-order valence-electron chi connectivity index (χ2n) is 3.44. The molecule has 2 rings (SSSR count). The molecule has 0 radical (unpaired) electrons. The number of rotatable bonds is 3. The number of thioether (sulfide) groups is 1. The fraction of sp³-hybridized carbons (Fsp3) is 0.556. The molecule has 1 aliphatic heterocycles. The van der Waals surface area contributed by atoms with Crippen LogP contribution in [0.3, 0.4) is 0 Å². The van der Waals surface area contributed by atoms with Crippen molar-refractivity contribution in [3.63, 3.8) is 0 Å². The Morgan fingerprint density at radius 1 is 1.40 bits per heavy atom. The smallest absolute Gasteiger partial charge is 0.239 e. The highest BCUT2D eigenvalue weighted by atomic mass is 32.2. The van der Waals surface area contributed by atoms with E-state index in [4.69, 9.17) is 5.84 Å². The van der Waals surface area contributed by atoms with Crippen molar-refractivity contribution in [1.82, 2.24) is 9.97 Å². The lowest BCUT2D eigenvalue weighted by molar-refractivity contribution is 0.663. The van der Waals surface area contributed by atoms with E-state index in [0.29, 0.717) is 12.0 Å². The molecule has 0 aliphatic carbocycles. The van der Waals surface area contributed by atoms with Crippen LogP contribution in [0.4, 0.5) is 11.8 Å². The Morgan fingerprint density at radius 2 is 2.20 bits per heavy atom. The molecule has 4 N–H and O–H groups in total. The van der Waals surface area contributed by atoms with E-state index in [-0.39, 0.29) is 0 Å². The topological polar surface area (TPSA) is 75.9 Å². The summed E-state index contributed by atoms with van der Waals surface area (Å²) in [7, 11) is 0. The molecule has 5 nitrogen and oxygen atoms in total. The van der Waals surface area contributed by atoms with Gasteiger partial charge in [-0.15, -0.1) is 0 Å². The summed E-state index contributed by atoms with van der Waals surface area (Å²) in [6, 6.07) is 2.40. The van der Waals surface area contributed by atoms with Crippen molar-refractivity contribution in [2.24, 2.45) is 5.84 Å². The van der Waals surface area contributed by atoms with Gasteiger partial charge in [-0.25, -0.2) is 10.8 Å². The number of nitrogens with two attached hydrogens (primary N) is 1. The first-order chi connectivity index (χ1) is 7.38. The van der Waals surface area contributed by atoms with Crippen molar-refractivity contribution in [3.05, 3.63) is 12.3 Å². The zero-order valence-electron chi connectivity index (χ0n) is 8.44. The molecule has 1 aromatic heterocycles. The summed E-state index contributed by atoms with van der Waals surface area (Å²) >= 11 is 2.01. The molecule has 15 heavy (non-hydrogen) atoms. The SMILES string of the molecule is NNc1nccc(NC2CCSCC2)n1. The lowest BCUT2D eigenvalue weighted by Gasteiger charge is -2.22. The average Bonchev–Trinajstić information content (AvgIpc) is 2.31. The third kappa shape index (κ3) is 2.97. The van der Waals surface area contributed by atoms with Crippen LogP contribution < -0.4 is 16.6 Å². The summed E-state index contributed by atoms with van der Waals surface area (Å²) in [4.78, 5) is 8.18. The van der Waals surface area contributed by atoms with Crippen molar-refractivity contribution in [3.8, 4) is 0 Å². The number of hydrazine groups is 1. The van der Waals surface area contributed by atoms with Crippen LogP contribution in [-0.2, 0) is 0 Å². The quantitative estimate of drug-likeness (QED) is 0.528. The highest BCUT2D eigenvalue weighted by molar-refractivity contribution is 7.99. The number of nitrogens with zero attached hydrogens (tertiary/aromatic N) is 2. The van der Waals surface area contributed by atoms with E-state index < -0.39 is 0 Å². The number of nitrogens with one attached hydrogen (secondary N) is 2. The largest absolute Gasteiger partial charge is 0.367 e. The number of anilines is 2. The van der Waals surface area contributed by atoms with Crippen LogP contribution in [0.15, 0.2) is 12.3 Å². The van der Waals surface area contributed by atoms with E-state index in [1.807, 2.05) is 17.8 Å². The zero-order chi connectivity index (χ0) is 10.5. The predicted octanol–water partition coefficient (Wildman–Crippen LogP) is 1.07. The summed E-state index contributed by atoms with van der Waals surface area (Å²) in [6.45, 7) is 0. The van der Waals surface area contributed by atoms with Crippen LogP contribution >= 0.6 is 11.8 Å². The molecule has 0 aromatic carbocycles. The van der Waals surface area contributed by atoms with Gasteiger partial charge in [0.15, 0.2) is 0 Å². The summed E-state index contributed by atoms with van der Waals surface area (Å²) < 4.78 is 0. The molecule has 1 fully saturated rings. The van der Waals surface area contributed by atoms with Gasteiger partial charge in [0.2, 0.25) is 5.95 Å². The molecule has 2 heterocycles. The summed E-state index contributed by atoms with van der Waals surface area (Å²) in [6.07, 6.45) is 4.09. The predicted molar refractivity (Wildman–Crippen MR) is 63.8 cm³/mol. The van der Waals surface area contributed by atoms with Gasteiger partial charge in [0.05, 0.1) is 0 Å². The Labute approximate surface area is 93.2 Å². The molecular formula is C9H15N5S. The van der Waals surface area contributed by atoms with Crippen LogP contribution in [0.5, 0.6) is 0 Å². The van der Waals surface area contributed by atoms with Gasteiger partial charge in [0.25, 0.3) is 0 Å². The van der Waals surface area contributed by atoms with Gasteiger partial charge in [-0.05, 0) is 30.4 Å². The minimum absolute atomic E-state index is 0.449. The highest BCUT2D eigenvalue weighted by Crippen LogP contribution is 2.20. The maximum Gasteiger partial charge on any atom is 0.239 e. The van der Waals surface area contributed by atoms with Gasteiger partial charge in [0.1, 0.15) is 5.82 Å². The van der Waals surface area contributed by atoms with Crippen LogP contribution in [0.25, 0.3) is 0 Å². The minimum atomic E-state index is 0.449. The number of nitrogen functional groups attached to an aromatic ring is 1. The Morgan fingerprint density at radius 3 is 2.93 bits per heavy atom. The van der Waals surface area contributed by atoms with Gasteiger partial charge in [-0.3, -0.25) is 5.43 Å². The van der Waals surface area contributed by atoms with Crippen molar-refractivity contribution in [2.45, 2.75) is 18.9 Å². The van der Waals surface area contributed by atoms with Gasteiger partial charge in [-0.2, -0.15) is 16.7 Å². The first kappa shape index (κ1) is 10.5. The molecule has 1 aromatic rings. The van der Waals surface area contributed by atoms with E-state index in [9.17, 15) is 0 Å². The molecule has 1 aliphatic rings. The molecule has 0 atom stereocenters. The standard InChI is InChI=1S/C9H15N5S/c10-14-9-11-4-1-8(13-9)12-7-2-5-15-6-3-7/h1,4,7H,2-3,5-6,10H2,(H2,11,12,13,14). The van der Waals surface area contributed by atoms with Gasteiger partial charge < -0.3 is 5.32 Å². The summed E-state index contributed by atoms with van der Waals surface area (Å²) in [5, 5.41) is 3.40. The van der Waals surface area contributed by atoms with E-state index in [1.54, 1.807) is 6.20 Å². The highest BCUT2D eigenvalue weighted by Gasteiger charge is 2.13. The third-order valence-electron chi connectivity index (χ3n) is 2.36. The van der Waals surface area contributed by atoms with Crippen LogP contribution in [0.2, 0.25) is 0 Å². The monoisotopic (exact) mass is 225 g/mol. The lowest BCUT2D eigenvalue weighted by atomic mass is 10.1. The fourth-order valence-electron chi connectivity index (χ4n) is 1.56. The van der Waals surface area contributed by atoms with Gasteiger partial charge in [0, 0.05) is 12.2 Å². The Bertz CT molecular complexity index is 313. The van der Waals surface area contributed by atoms with Gasteiger partial charge in [-0.1, -0.05) is 0 Å². The molecule has 1 saturated heterocycles. The maximum atomic E-state index is 5.25. The number of hydrogen-bond donors (Lipinski definition) is 3. The fourth-order valence-corrected chi connectivity index (χ4v) is 2.67. The second kappa shape index (κ2) is 5.18. The summed E-state index contributed by atoms with van der Waals surface area (Å²) in [5.41, 5.74) is 2.44. The van der Waals surface area contributed by atoms with E-state index in [2.05, 4.69) is 20.7 Å². The second-order valence-corrected chi connectivity index (χ2v) is 4.67. The van der Waals surface area contributed by atoms with Crippen molar-refractivity contribution >= 4 is 23.5 Å². The molecular weight excluding hydrogens is 210 g/mol. The summed E-state index contributed by atoms with van der Waals surface area (Å²) in [5.74, 6) is 8.99. The molecule has 0 unspecified atom stereocenters. The van der Waals surface area contributed by atoms with E-state index in [1.165, 1.54) is 24.3 Å². The normalized spacial score (nSPS) is 17.4. The molecule has 0 bridgehead atoms. The average molecular weight is 225 g/mol. The third-order valence-corrected chi connectivity index (χ3v) is 3.41. The van der Waals surface area contributed by atoms with Crippen molar-refractivity contribution in [1.29, 1.82) is 0 Å². The number of hydrogen-bond acceptors (Lipinski definition) is 6. The van der Waals surface area contributed by atoms with Gasteiger partial charge >= 0.3 is 0 Å². The first-order valence-corrected chi connectivity index (χ1v) is 6.18. The van der Waals surface area contributed by atoms with Crippen LogP contribution in [0, 0.1) is 0 Å². The lowest BCUT2D eigenvalue weighted by Crippen LogP contribution is -2.25. The molecule has 0 spiro atoms. The number of aromatic nitrogens is 2. The molecule has 0 amide bonds. The molecule has 0 saturated carbocycles. The van der Waals surface area contributed by atoms with E-state index in [0.717, 1.165) is 5.82 Å². The first-order valence-electron chi connectivity index (χ1n) is 5.02. The Kier molecular flexibility index (Phi) is 3.63. The van der Waals surface area contributed by atoms with Crippen molar-refractivity contribution < 1.29 is 0 Å². The minimum Gasteiger partial charge on any atom is -0.367 e. The molecule has 6 heteroatoms. The van der Waals surface area contributed by atoms with E-state index >= 15 is 0 Å². The van der Waals surface area contributed by atoms with Crippen LogP contribution in [0.1, 0.15) is 12.8 Å². The Balaban J connectivity index is 1.96. The Hall–Kier alpha value is -1.01. The van der Waals surface area contributed by atoms with Crippen molar-refractivity contribution in [2.75, 3.05) is 22.2 Å².